The molecule has 0 radical (unpaired) electrons. The second-order valence-corrected chi connectivity index (χ2v) is 6.39. The Kier molecular flexibility index (Phi) is 6.83. The molecule has 130 valence electrons. The molecule has 1 aliphatic heterocycles. The molecule has 1 aromatic carbocycles. The maximum absolute atomic E-state index is 12.4. The van der Waals surface area contributed by atoms with Crippen LogP contribution in [0.2, 0.25) is 0 Å². The summed E-state index contributed by atoms with van der Waals surface area (Å²) >= 11 is 0. The molecule has 1 N–H and O–H groups in total. The highest BCUT2D eigenvalue weighted by molar-refractivity contribution is 5.92. The number of amides is 1. The van der Waals surface area contributed by atoms with Gasteiger partial charge in [0.25, 0.3) is 0 Å². The molecule has 1 heterocycles. The molecule has 0 spiro atoms. The summed E-state index contributed by atoms with van der Waals surface area (Å²) in [6, 6.07) is 5.23. The van der Waals surface area contributed by atoms with Crippen molar-refractivity contribution in [3.05, 3.63) is 23.8 Å². The summed E-state index contributed by atoms with van der Waals surface area (Å²) in [5.74, 6) is 0.363. The summed E-state index contributed by atoms with van der Waals surface area (Å²) in [7, 11) is 5.73. The van der Waals surface area contributed by atoms with Gasteiger partial charge in [-0.2, -0.15) is 5.06 Å². The normalized spacial score (nSPS) is 17.3. The number of carbonyl (C=O) groups excluding carboxylic acids is 1. The van der Waals surface area contributed by atoms with Crippen LogP contribution in [0.5, 0.6) is 5.75 Å². The smallest absolute Gasteiger partial charge is 0.305 e. The third-order valence-electron chi connectivity index (χ3n) is 4.43. The Morgan fingerprint density at radius 3 is 2.57 bits per heavy atom. The van der Waals surface area contributed by atoms with Gasteiger partial charge >= 0.3 is 5.91 Å². The Balaban J connectivity index is 0.00000264. The van der Waals surface area contributed by atoms with E-state index in [9.17, 15) is 10.0 Å². The highest BCUT2D eigenvalue weighted by Gasteiger charge is 2.32. The Morgan fingerprint density at radius 2 is 2.00 bits per heavy atom. The minimum Gasteiger partial charge on any atom is -1.00 e. The van der Waals surface area contributed by atoms with Gasteiger partial charge in [0.1, 0.15) is 5.75 Å². The van der Waals surface area contributed by atoms with Gasteiger partial charge in [-0.1, -0.05) is 6.07 Å². The molecule has 1 saturated heterocycles. The molecule has 1 fully saturated rings. The van der Waals surface area contributed by atoms with Crippen LogP contribution in [0.1, 0.15) is 5.56 Å². The number of rotatable bonds is 4. The predicted octanol–water partition coefficient (Wildman–Crippen LogP) is -1.88. The number of quaternary nitrogens is 1. The van der Waals surface area contributed by atoms with Crippen LogP contribution in [-0.2, 0) is 4.79 Å². The van der Waals surface area contributed by atoms with E-state index in [4.69, 9.17) is 4.74 Å². The lowest BCUT2D eigenvalue weighted by molar-refractivity contribution is -0.906. The molecule has 0 aliphatic carbocycles. The van der Waals surface area contributed by atoms with Gasteiger partial charge in [0.15, 0.2) is 6.54 Å². The van der Waals surface area contributed by atoms with Crippen molar-refractivity contribution < 1.29 is 31.6 Å². The van der Waals surface area contributed by atoms with Crippen molar-refractivity contribution in [1.82, 2.24) is 4.90 Å². The third-order valence-corrected chi connectivity index (χ3v) is 4.43. The molecule has 6 nitrogen and oxygen atoms in total. The second-order valence-electron chi connectivity index (χ2n) is 6.39. The van der Waals surface area contributed by atoms with Gasteiger partial charge in [0, 0.05) is 19.2 Å². The molecule has 0 atom stereocenters. The van der Waals surface area contributed by atoms with Crippen molar-refractivity contribution in [3.63, 3.8) is 0 Å². The van der Waals surface area contributed by atoms with E-state index in [0.717, 1.165) is 36.8 Å². The summed E-state index contributed by atoms with van der Waals surface area (Å²) in [6.07, 6.45) is 0. The van der Waals surface area contributed by atoms with Crippen LogP contribution in [0.25, 0.3) is 0 Å². The number of hydrogen-bond acceptors (Lipinski definition) is 4. The lowest BCUT2D eigenvalue weighted by atomic mass is 10.2. The number of piperazine rings is 1. The molecule has 0 unspecified atom stereocenters. The number of carbonyl (C=O) groups is 1. The molecule has 23 heavy (non-hydrogen) atoms. The van der Waals surface area contributed by atoms with Crippen molar-refractivity contribution in [2.75, 3.05) is 59.0 Å². The van der Waals surface area contributed by atoms with Crippen molar-refractivity contribution in [1.29, 1.82) is 0 Å². The van der Waals surface area contributed by atoms with Gasteiger partial charge in [-0.3, -0.25) is 14.9 Å². The minimum absolute atomic E-state index is 0. The highest BCUT2D eigenvalue weighted by Crippen LogP contribution is 2.24. The summed E-state index contributed by atoms with van der Waals surface area (Å²) < 4.78 is 5.89. The molecule has 2 rings (SSSR count). The lowest BCUT2D eigenvalue weighted by Crippen LogP contribution is -3.00. The summed E-state index contributed by atoms with van der Waals surface area (Å²) in [5, 5.41) is 10.9. The standard InChI is InChI=1S/C16H26N3O3.ClH/c1-13-5-6-14(11-15(13)22-4)18(21)16(20)12-19(3)9-7-17(2)8-10-19;/h5-6,11,21H,7-10,12H2,1-4H3;1H/q+1;/p-1. The number of hydrogen-bond donors (Lipinski definition) is 1. The number of nitrogens with zero attached hydrogens (tertiary/aromatic N) is 3. The van der Waals surface area contributed by atoms with E-state index in [1.165, 1.54) is 0 Å². The van der Waals surface area contributed by atoms with Gasteiger partial charge in [-0.25, -0.2) is 0 Å². The molecule has 1 amide bonds. The number of aryl methyl sites for hydroxylation is 1. The van der Waals surface area contributed by atoms with Crippen LogP contribution in [-0.4, -0.2) is 74.4 Å². The molecular formula is C16H26ClN3O3. The van der Waals surface area contributed by atoms with Gasteiger partial charge in [0.2, 0.25) is 0 Å². The highest BCUT2D eigenvalue weighted by atomic mass is 35.5. The largest absolute Gasteiger partial charge is 1.00 e. The van der Waals surface area contributed by atoms with E-state index in [1.54, 1.807) is 19.2 Å². The Hall–Kier alpha value is -1.34. The first-order chi connectivity index (χ1) is 10.3. The Morgan fingerprint density at radius 1 is 1.39 bits per heavy atom. The van der Waals surface area contributed by atoms with E-state index in [0.29, 0.717) is 22.5 Å². The summed E-state index contributed by atoms with van der Waals surface area (Å²) in [4.78, 5) is 14.6. The van der Waals surface area contributed by atoms with Crippen LogP contribution in [0.3, 0.4) is 0 Å². The van der Waals surface area contributed by atoms with Gasteiger partial charge in [0.05, 0.1) is 32.9 Å². The molecular weight excluding hydrogens is 318 g/mol. The van der Waals surface area contributed by atoms with Crippen molar-refractivity contribution >= 4 is 11.6 Å². The zero-order valence-electron chi connectivity index (χ0n) is 14.3. The molecule has 1 aromatic rings. The first-order valence-corrected chi connectivity index (χ1v) is 7.53. The summed E-state index contributed by atoms with van der Waals surface area (Å²) in [5.41, 5.74) is 1.40. The molecule has 7 heteroatoms. The van der Waals surface area contributed by atoms with Crippen molar-refractivity contribution in [2.45, 2.75) is 6.92 Å². The van der Waals surface area contributed by atoms with Crippen LogP contribution in [0.4, 0.5) is 5.69 Å². The number of anilines is 1. The zero-order valence-corrected chi connectivity index (χ0v) is 15.0. The van der Waals surface area contributed by atoms with E-state index in [2.05, 4.69) is 19.0 Å². The number of methoxy groups -OCH3 is 1. The molecule has 0 aromatic heterocycles. The number of benzene rings is 1. The van der Waals surface area contributed by atoms with Crippen molar-refractivity contribution in [3.8, 4) is 5.75 Å². The topological polar surface area (TPSA) is 53.0 Å². The Labute approximate surface area is 144 Å². The average Bonchev–Trinajstić information content (AvgIpc) is 2.50. The van der Waals surface area contributed by atoms with Gasteiger partial charge in [-0.05, 0) is 25.6 Å². The molecule has 0 bridgehead atoms. The van der Waals surface area contributed by atoms with Crippen molar-refractivity contribution in [2.24, 2.45) is 0 Å². The quantitative estimate of drug-likeness (QED) is 0.395. The van der Waals surface area contributed by atoms with Crippen LogP contribution < -0.4 is 22.2 Å². The molecule has 1 aliphatic rings. The van der Waals surface area contributed by atoms with E-state index >= 15 is 0 Å². The maximum Gasteiger partial charge on any atom is 0.305 e. The monoisotopic (exact) mass is 343 g/mol. The molecule has 0 saturated carbocycles. The van der Waals surface area contributed by atoms with Crippen LogP contribution >= 0.6 is 0 Å². The van der Waals surface area contributed by atoms with Crippen LogP contribution in [0.15, 0.2) is 18.2 Å². The fourth-order valence-corrected chi connectivity index (χ4v) is 2.68. The van der Waals surface area contributed by atoms with Gasteiger partial charge in [-0.15, -0.1) is 0 Å². The average molecular weight is 344 g/mol. The predicted molar refractivity (Wildman–Crippen MR) is 85.3 cm³/mol. The zero-order chi connectivity index (χ0) is 16.3. The van der Waals surface area contributed by atoms with E-state index in [-0.39, 0.29) is 18.3 Å². The van der Waals surface area contributed by atoms with E-state index in [1.807, 2.05) is 13.0 Å². The summed E-state index contributed by atoms with van der Waals surface area (Å²) in [6.45, 7) is 5.96. The number of hydroxylamine groups is 1. The fraction of sp³-hybridized carbons (Fsp3) is 0.562. The second kappa shape index (κ2) is 7.97. The number of halogens is 1. The Bertz CT molecular complexity index is 545. The number of likely N-dealkylation sites (N-methyl/N-ethyl adjacent to an activating group) is 2. The number of ether oxygens (including phenoxy) is 1. The van der Waals surface area contributed by atoms with E-state index < -0.39 is 0 Å². The SMILES string of the molecule is COc1cc(N(O)C(=O)C[N+]2(C)CCN(C)CC2)ccc1C.[Cl-]. The van der Waals surface area contributed by atoms with Gasteiger partial charge < -0.3 is 21.6 Å². The first-order valence-electron chi connectivity index (χ1n) is 7.53. The minimum atomic E-state index is -0.294. The maximum atomic E-state index is 12.4. The lowest BCUT2D eigenvalue weighted by Gasteiger charge is -2.40. The van der Waals surface area contributed by atoms with Crippen LogP contribution in [0, 0.1) is 6.92 Å². The first kappa shape index (κ1) is 19.7. The fourth-order valence-electron chi connectivity index (χ4n) is 2.68. The third kappa shape index (κ3) is 4.81.